The van der Waals surface area contributed by atoms with Crippen LogP contribution in [0.4, 0.5) is 0 Å². The molecule has 1 aliphatic heterocycles. The van der Waals surface area contributed by atoms with Gasteiger partial charge in [-0.15, -0.1) is 0 Å². The van der Waals surface area contributed by atoms with Crippen molar-refractivity contribution in [1.82, 2.24) is 14.8 Å². The smallest absolute Gasteiger partial charge is 0.150 e. The topological polar surface area (TPSA) is 39.9 Å². The Balaban J connectivity index is 1.72. The lowest BCUT2D eigenvalue weighted by molar-refractivity contribution is -0.0367. The minimum Gasteiger partial charge on any atom is -0.356 e. The molecule has 4 heteroatoms. The fourth-order valence-corrected chi connectivity index (χ4v) is 3.19. The third-order valence-electron chi connectivity index (χ3n) is 4.42. The average molecular weight is 319 g/mol. The van der Waals surface area contributed by atoms with Gasteiger partial charge in [-0.1, -0.05) is 18.2 Å². The van der Waals surface area contributed by atoms with Crippen LogP contribution >= 0.6 is 0 Å². The molecule has 4 rings (SSSR count). The maximum atomic E-state index is 5.93. The van der Waals surface area contributed by atoms with Crippen LogP contribution in [0.25, 0.3) is 23.1 Å². The van der Waals surface area contributed by atoms with Gasteiger partial charge in [0.2, 0.25) is 0 Å². The van der Waals surface area contributed by atoms with Crippen LogP contribution in [0, 0.1) is 6.92 Å². The molecule has 3 heterocycles. The van der Waals surface area contributed by atoms with E-state index in [0.29, 0.717) is 0 Å². The van der Waals surface area contributed by atoms with Gasteiger partial charge in [-0.2, -0.15) is 5.10 Å². The van der Waals surface area contributed by atoms with Gasteiger partial charge in [0, 0.05) is 18.2 Å². The largest absolute Gasteiger partial charge is 0.356 e. The molecule has 0 radical (unpaired) electrons. The monoisotopic (exact) mass is 319 g/mol. The van der Waals surface area contributed by atoms with Crippen molar-refractivity contribution in [2.75, 3.05) is 6.61 Å². The lowest BCUT2D eigenvalue weighted by atomic mass is 10.1. The predicted molar refractivity (Wildman–Crippen MR) is 96.5 cm³/mol. The van der Waals surface area contributed by atoms with Gasteiger partial charge >= 0.3 is 0 Å². The minimum absolute atomic E-state index is 0.0443. The van der Waals surface area contributed by atoms with Crippen LogP contribution < -0.4 is 0 Å². The van der Waals surface area contributed by atoms with E-state index in [1.54, 1.807) is 0 Å². The molecule has 0 aliphatic carbocycles. The molecule has 1 unspecified atom stereocenters. The SMILES string of the molecule is Cc1ccnc(C=Cc2nn(C3CCCCO3)c3ccccc23)c1. The standard InChI is InChI=1S/C20H21N3O/c1-15-11-12-21-16(14-15)9-10-18-17-6-2-3-7-19(17)23(22-18)20-8-4-5-13-24-20/h2-3,6-7,9-12,14,20H,4-5,8,13H2,1H3. The number of benzene rings is 1. The number of nitrogens with zero attached hydrogens (tertiary/aromatic N) is 3. The molecule has 3 aromatic rings. The van der Waals surface area contributed by atoms with E-state index in [2.05, 4.69) is 42.2 Å². The number of aryl methyl sites for hydroxylation is 1. The summed E-state index contributed by atoms with van der Waals surface area (Å²) in [5.41, 5.74) is 4.24. The maximum absolute atomic E-state index is 5.93. The van der Waals surface area contributed by atoms with E-state index in [0.717, 1.165) is 41.7 Å². The van der Waals surface area contributed by atoms with Crippen molar-refractivity contribution in [3.8, 4) is 0 Å². The highest BCUT2D eigenvalue weighted by Gasteiger charge is 2.19. The first-order valence-corrected chi connectivity index (χ1v) is 8.51. The normalized spacial score (nSPS) is 18.5. The average Bonchev–Trinajstić information content (AvgIpc) is 3.00. The molecule has 0 spiro atoms. The Labute approximate surface area is 141 Å². The van der Waals surface area contributed by atoms with E-state index in [1.807, 2.05) is 29.1 Å². The molecule has 0 bridgehead atoms. The molecule has 2 aromatic heterocycles. The van der Waals surface area contributed by atoms with Crippen LogP contribution in [0.3, 0.4) is 0 Å². The number of pyridine rings is 1. The Morgan fingerprint density at radius 1 is 1.17 bits per heavy atom. The van der Waals surface area contributed by atoms with E-state index < -0.39 is 0 Å². The summed E-state index contributed by atoms with van der Waals surface area (Å²) in [6.07, 6.45) is 9.30. The van der Waals surface area contributed by atoms with Crippen LogP contribution in [-0.4, -0.2) is 21.4 Å². The molecule has 1 aromatic carbocycles. The zero-order valence-corrected chi connectivity index (χ0v) is 13.9. The van der Waals surface area contributed by atoms with Gasteiger partial charge in [0.1, 0.15) is 0 Å². The summed E-state index contributed by atoms with van der Waals surface area (Å²) in [5.74, 6) is 0. The first-order chi connectivity index (χ1) is 11.8. The molecule has 1 aliphatic rings. The van der Waals surface area contributed by atoms with Crippen molar-refractivity contribution in [1.29, 1.82) is 0 Å². The first kappa shape index (κ1) is 15.1. The molecule has 1 atom stereocenters. The number of ether oxygens (including phenoxy) is 1. The molecule has 0 saturated carbocycles. The maximum Gasteiger partial charge on any atom is 0.150 e. The molecule has 4 nitrogen and oxygen atoms in total. The fourth-order valence-electron chi connectivity index (χ4n) is 3.19. The zero-order chi connectivity index (χ0) is 16.4. The highest BCUT2D eigenvalue weighted by Crippen LogP contribution is 2.28. The molecular formula is C20H21N3O. The van der Waals surface area contributed by atoms with Crippen LogP contribution in [0.15, 0.2) is 42.6 Å². The van der Waals surface area contributed by atoms with Crippen LogP contribution in [0.1, 0.15) is 42.4 Å². The Kier molecular flexibility index (Phi) is 4.13. The zero-order valence-electron chi connectivity index (χ0n) is 13.9. The van der Waals surface area contributed by atoms with Gasteiger partial charge in [-0.25, -0.2) is 4.68 Å². The summed E-state index contributed by atoms with van der Waals surface area (Å²) >= 11 is 0. The number of hydrogen-bond acceptors (Lipinski definition) is 3. The summed E-state index contributed by atoms with van der Waals surface area (Å²) in [5, 5.41) is 5.98. The Morgan fingerprint density at radius 2 is 2.08 bits per heavy atom. The second-order valence-corrected chi connectivity index (χ2v) is 6.26. The third-order valence-corrected chi connectivity index (χ3v) is 4.42. The van der Waals surface area contributed by atoms with Crippen molar-refractivity contribution in [3.05, 3.63) is 59.5 Å². The van der Waals surface area contributed by atoms with Gasteiger partial charge in [-0.05, 0) is 62.1 Å². The van der Waals surface area contributed by atoms with Crippen LogP contribution in [0.5, 0.6) is 0 Å². The van der Waals surface area contributed by atoms with Crippen molar-refractivity contribution in [3.63, 3.8) is 0 Å². The summed E-state index contributed by atoms with van der Waals surface area (Å²) < 4.78 is 7.97. The molecule has 0 amide bonds. The van der Waals surface area contributed by atoms with Gasteiger partial charge in [-0.3, -0.25) is 4.98 Å². The fraction of sp³-hybridized carbons (Fsp3) is 0.300. The Hall–Kier alpha value is -2.46. The third kappa shape index (κ3) is 2.97. The van der Waals surface area contributed by atoms with Crippen LogP contribution in [0.2, 0.25) is 0 Å². The number of rotatable bonds is 3. The molecule has 1 saturated heterocycles. The second-order valence-electron chi connectivity index (χ2n) is 6.26. The van der Waals surface area contributed by atoms with Gasteiger partial charge in [0.25, 0.3) is 0 Å². The minimum atomic E-state index is 0.0443. The summed E-state index contributed by atoms with van der Waals surface area (Å²) in [6.45, 7) is 2.89. The number of aromatic nitrogens is 3. The quantitative estimate of drug-likeness (QED) is 0.708. The molecule has 24 heavy (non-hydrogen) atoms. The van der Waals surface area contributed by atoms with E-state index in [4.69, 9.17) is 9.84 Å². The Bertz CT molecular complexity index is 875. The van der Waals surface area contributed by atoms with E-state index in [9.17, 15) is 0 Å². The summed E-state index contributed by atoms with van der Waals surface area (Å²) in [6, 6.07) is 12.4. The van der Waals surface area contributed by atoms with Crippen LogP contribution in [-0.2, 0) is 4.74 Å². The summed E-state index contributed by atoms with van der Waals surface area (Å²) in [4.78, 5) is 4.39. The number of hydrogen-bond donors (Lipinski definition) is 0. The lowest BCUT2D eigenvalue weighted by Gasteiger charge is -2.23. The lowest BCUT2D eigenvalue weighted by Crippen LogP contribution is -2.19. The molecule has 122 valence electrons. The van der Waals surface area contributed by atoms with Crippen molar-refractivity contribution >= 4 is 23.1 Å². The van der Waals surface area contributed by atoms with Gasteiger partial charge < -0.3 is 4.74 Å². The second kappa shape index (κ2) is 6.57. The number of para-hydroxylation sites is 1. The molecule has 0 N–H and O–H groups in total. The summed E-state index contributed by atoms with van der Waals surface area (Å²) in [7, 11) is 0. The highest BCUT2D eigenvalue weighted by atomic mass is 16.5. The van der Waals surface area contributed by atoms with E-state index in [1.165, 1.54) is 12.0 Å². The Morgan fingerprint density at radius 3 is 2.92 bits per heavy atom. The van der Waals surface area contributed by atoms with Gasteiger partial charge in [0.15, 0.2) is 6.23 Å². The van der Waals surface area contributed by atoms with Crippen molar-refractivity contribution in [2.24, 2.45) is 0 Å². The van der Waals surface area contributed by atoms with Crippen molar-refractivity contribution < 1.29 is 4.74 Å². The highest BCUT2D eigenvalue weighted by molar-refractivity contribution is 5.89. The van der Waals surface area contributed by atoms with Crippen molar-refractivity contribution in [2.45, 2.75) is 32.4 Å². The van der Waals surface area contributed by atoms with E-state index >= 15 is 0 Å². The number of fused-ring (bicyclic) bond motifs is 1. The predicted octanol–water partition coefficient (Wildman–Crippen LogP) is 4.61. The molecular weight excluding hydrogens is 298 g/mol. The van der Waals surface area contributed by atoms with E-state index in [-0.39, 0.29) is 6.23 Å². The first-order valence-electron chi connectivity index (χ1n) is 8.51. The van der Waals surface area contributed by atoms with Gasteiger partial charge in [0.05, 0.1) is 16.9 Å². The molecule has 1 fully saturated rings.